The Hall–Kier alpha value is -2.18. The van der Waals surface area contributed by atoms with E-state index in [1.807, 2.05) is 12.3 Å². The van der Waals surface area contributed by atoms with Crippen molar-refractivity contribution in [3.8, 4) is 5.75 Å². The van der Waals surface area contributed by atoms with E-state index in [0.29, 0.717) is 16.1 Å². The average Bonchev–Trinajstić information content (AvgIpc) is 2.84. The van der Waals surface area contributed by atoms with Gasteiger partial charge in [-0.2, -0.15) is 0 Å². The lowest BCUT2D eigenvalue weighted by Gasteiger charge is -2.01. The van der Waals surface area contributed by atoms with Crippen LogP contribution in [-0.2, 0) is 0 Å². The zero-order chi connectivity index (χ0) is 14.1. The van der Waals surface area contributed by atoms with Crippen LogP contribution in [0.15, 0.2) is 43.8 Å². The van der Waals surface area contributed by atoms with Crippen LogP contribution in [0, 0.1) is 6.92 Å². The molecule has 21 heavy (non-hydrogen) atoms. The lowest BCUT2D eigenvalue weighted by molar-refractivity contribution is 0.466. The summed E-state index contributed by atoms with van der Waals surface area (Å²) in [6.45, 7) is 1.86. The number of hydrogen-bond acceptors (Lipinski definition) is 6. The first-order valence-electron chi connectivity index (χ1n) is 5.86. The minimum absolute atomic E-state index is 0. The van der Waals surface area contributed by atoms with Crippen LogP contribution < -0.4 is 5.63 Å². The van der Waals surface area contributed by atoms with Crippen molar-refractivity contribution in [2.75, 3.05) is 0 Å². The monoisotopic (exact) mass is 322 g/mol. The van der Waals surface area contributed by atoms with Crippen molar-refractivity contribution in [2.24, 2.45) is 4.99 Å². The van der Waals surface area contributed by atoms with Gasteiger partial charge in [0.2, 0.25) is 5.13 Å². The molecule has 0 spiro atoms. The molecule has 0 atom stereocenters. The van der Waals surface area contributed by atoms with Gasteiger partial charge in [0.1, 0.15) is 16.9 Å². The summed E-state index contributed by atoms with van der Waals surface area (Å²) < 4.78 is 5.14. The molecule has 0 saturated carbocycles. The topological polar surface area (TPSA) is 75.7 Å². The Morgan fingerprint density at radius 1 is 1.38 bits per heavy atom. The third kappa shape index (κ3) is 2.96. The zero-order valence-corrected chi connectivity index (χ0v) is 12.6. The maximum absolute atomic E-state index is 11.8. The third-order valence-corrected chi connectivity index (χ3v) is 3.60. The molecule has 0 unspecified atom stereocenters. The molecule has 0 radical (unpaired) electrons. The summed E-state index contributed by atoms with van der Waals surface area (Å²) in [4.78, 5) is 20.1. The molecule has 7 heteroatoms. The molecule has 0 saturated heterocycles. The van der Waals surface area contributed by atoms with Gasteiger partial charge in [0.05, 0.1) is 11.1 Å². The van der Waals surface area contributed by atoms with Crippen LogP contribution in [0.5, 0.6) is 5.75 Å². The first kappa shape index (κ1) is 15.2. The summed E-state index contributed by atoms with van der Waals surface area (Å²) in [6, 6.07) is 6.80. The standard InChI is InChI=1S/C14H10N2O3S.ClH/c1-8-7-20-14(16-8)15-6-10-12(17)9-4-2-3-5-11(9)19-13(10)18;/h2-7,17H,1H3;1H/b15-6-;. The highest BCUT2D eigenvalue weighted by atomic mass is 35.5. The lowest BCUT2D eigenvalue weighted by atomic mass is 10.1. The summed E-state index contributed by atoms with van der Waals surface area (Å²) in [5.74, 6) is -0.131. The van der Waals surface area contributed by atoms with E-state index in [9.17, 15) is 9.90 Å². The van der Waals surface area contributed by atoms with Gasteiger partial charge in [0.25, 0.3) is 0 Å². The molecule has 0 aliphatic heterocycles. The van der Waals surface area contributed by atoms with Crippen LogP contribution in [0.25, 0.3) is 11.0 Å². The van der Waals surface area contributed by atoms with Crippen LogP contribution >= 0.6 is 23.7 Å². The number of fused-ring (bicyclic) bond motifs is 1. The van der Waals surface area contributed by atoms with Crippen molar-refractivity contribution >= 4 is 46.1 Å². The number of thiazole rings is 1. The van der Waals surface area contributed by atoms with Gasteiger partial charge < -0.3 is 9.52 Å². The van der Waals surface area contributed by atoms with Crippen molar-refractivity contribution in [1.29, 1.82) is 0 Å². The number of para-hydroxylation sites is 1. The summed E-state index contributed by atoms with van der Waals surface area (Å²) in [5.41, 5.74) is 0.601. The van der Waals surface area contributed by atoms with Gasteiger partial charge in [-0.1, -0.05) is 12.1 Å². The number of aromatic hydroxyl groups is 1. The Kier molecular flexibility index (Phi) is 4.40. The Morgan fingerprint density at radius 2 is 2.14 bits per heavy atom. The molecular formula is C14H11ClN2O3S. The molecule has 2 heterocycles. The minimum atomic E-state index is -0.627. The second-order valence-electron chi connectivity index (χ2n) is 4.18. The van der Waals surface area contributed by atoms with Gasteiger partial charge in [-0.15, -0.1) is 23.7 Å². The number of aliphatic imine (C=N–C) groups is 1. The molecule has 3 aromatic rings. The van der Waals surface area contributed by atoms with Gasteiger partial charge in [0, 0.05) is 11.6 Å². The molecule has 0 bridgehead atoms. The largest absolute Gasteiger partial charge is 0.506 e. The van der Waals surface area contributed by atoms with Crippen molar-refractivity contribution in [1.82, 2.24) is 4.98 Å². The summed E-state index contributed by atoms with van der Waals surface area (Å²) in [7, 11) is 0. The first-order valence-corrected chi connectivity index (χ1v) is 6.74. The lowest BCUT2D eigenvalue weighted by Crippen LogP contribution is -2.06. The SMILES string of the molecule is Cc1csc(/N=C\c2c(O)c3ccccc3oc2=O)n1.Cl. The highest BCUT2D eigenvalue weighted by Crippen LogP contribution is 2.25. The fraction of sp³-hybridized carbons (Fsp3) is 0.0714. The first-order chi connectivity index (χ1) is 9.65. The van der Waals surface area contributed by atoms with E-state index in [0.717, 1.165) is 5.69 Å². The Balaban J connectivity index is 0.00000161. The van der Waals surface area contributed by atoms with E-state index < -0.39 is 5.63 Å². The van der Waals surface area contributed by atoms with Crippen LogP contribution in [0.4, 0.5) is 5.13 Å². The van der Waals surface area contributed by atoms with E-state index in [-0.39, 0.29) is 23.7 Å². The van der Waals surface area contributed by atoms with Gasteiger partial charge in [0.15, 0.2) is 0 Å². The fourth-order valence-corrected chi connectivity index (χ4v) is 2.42. The van der Waals surface area contributed by atoms with E-state index >= 15 is 0 Å². The molecule has 0 amide bonds. The number of halogens is 1. The van der Waals surface area contributed by atoms with Crippen molar-refractivity contribution in [3.63, 3.8) is 0 Å². The summed E-state index contributed by atoms with van der Waals surface area (Å²) >= 11 is 1.36. The Bertz CT molecular complexity index is 870. The predicted octanol–water partition coefficient (Wildman–Crippen LogP) is 3.44. The second kappa shape index (κ2) is 6.07. The van der Waals surface area contributed by atoms with Gasteiger partial charge >= 0.3 is 5.63 Å². The molecule has 1 aromatic carbocycles. The third-order valence-electron chi connectivity index (χ3n) is 2.73. The van der Waals surface area contributed by atoms with E-state index in [2.05, 4.69) is 9.98 Å². The van der Waals surface area contributed by atoms with Crippen LogP contribution in [-0.4, -0.2) is 16.3 Å². The highest BCUT2D eigenvalue weighted by Gasteiger charge is 2.11. The molecule has 108 valence electrons. The number of nitrogens with zero attached hydrogens (tertiary/aromatic N) is 2. The van der Waals surface area contributed by atoms with E-state index in [4.69, 9.17) is 4.42 Å². The molecule has 3 rings (SSSR count). The maximum atomic E-state index is 11.8. The Morgan fingerprint density at radius 3 is 2.86 bits per heavy atom. The number of rotatable bonds is 2. The maximum Gasteiger partial charge on any atom is 0.348 e. The molecule has 0 aliphatic rings. The van der Waals surface area contributed by atoms with Gasteiger partial charge in [-0.3, -0.25) is 0 Å². The number of aromatic nitrogens is 1. The predicted molar refractivity (Wildman–Crippen MR) is 85.5 cm³/mol. The molecule has 0 aliphatic carbocycles. The van der Waals surface area contributed by atoms with Crippen molar-refractivity contribution in [3.05, 3.63) is 51.3 Å². The molecule has 2 aromatic heterocycles. The fourth-order valence-electron chi connectivity index (χ4n) is 1.78. The number of benzene rings is 1. The van der Waals surface area contributed by atoms with Crippen LogP contribution in [0.1, 0.15) is 11.3 Å². The molecule has 1 N–H and O–H groups in total. The van der Waals surface area contributed by atoms with E-state index in [1.54, 1.807) is 24.3 Å². The molecular weight excluding hydrogens is 312 g/mol. The van der Waals surface area contributed by atoms with E-state index in [1.165, 1.54) is 17.6 Å². The highest BCUT2D eigenvalue weighted by molar-refractivity contribution is 7.13. The van der Waals surface area contributed by atoms with Crippen LogP contribution in [0.3, 0.4) is 0 Å². The van der Waals surface area contributed by atoms with Gasteiger partial charge in [-0.05, 0) is 19.1 Å². The number of hydrogen-bond donors (Lipinski definition) is 1. The normalized spacial score (nSPS) is 10.9. The van der Waals surface area contributed by atoms with Crippen molar-refractivity contribution in [2.45, 2.75) is 6.92 Å². The van der Waals surface area contributed by atoms with Crippen LogP contribution in [0.2, 0.25) is 0 Å². The molecule has 5 nitrogen and oxygen atoms in total. The molecule has 0 fully saturated rings. The quantitative estimate of drug-likeness (QED) is 0.579. The zero-order valence-electron chi connectivity index (χ0n) is 10.9. The Labute approximate surface area is 130 Å². The number of aryl methyl sites for hydroxylation is 1. The summed E-state index contributed by atoms with van der Waals surface area (Å²) in [5, 5.41) is 13.0. The second-order valence-corrected chi connectivity index (χ2v) is 5.01. The average molecular weight is 323 g/mol. The van der Waals surface area contributed by atoms with Gasteiger partial charge in [-0.25, -0.2) is 14.8 Å². The minimum Gasteiger partial charge on any atom is -0.506 e. The summed E-state index contributed by atoms with van der Waals surface area (Å²) in [6.07, 6.45) is 1.28. The smallest absolute Gasteiger partial charge is 0.348 e. The van der Waals surface area contributed by atoms with Crippen molar-refractivity contribution < 1.29 is 9.52 Å².